The maximum Gasteiger partial charge on any atom is 0.416 e. The summed E-state index contributed by atoms with van der Waals surface area (Å²) in [5, 5.41) is 0. The van der Waals surface area contributed by atoms with E-state index in [4.69, 9.17) is 0 Å². The molecule has 1 aromatic carbocycles. The molecule has 23 heavy (non-hydrogen) atoms. The number of rotatable bonds is 4. The minimum Gasteiger partial charge on any atom is -0.461 e. The van der Waals surface area contributed by atoms with E-state index in [2.05, 4.69) is 9.72 Å². The van der Waals surface area contributed by atoms with Gasteiger partial charge < -0.3 is 9.72 Å². The first kappa shape index (κ1) is 17.0. The van der Waals surface area contributed by atoms with Crippen LogP contribution in [-0.4, -0.2) is 17.6 Å². The van der Waals surface area contributed by atoms with E-state index in [0.29, 0.717) is 0 Å². The third-order valence-corrected chi connectivity index (χ3v) is 3.08. The summed E-state index contributed by atoms with van der Waals surface area (Å²) in [6.45, 7) is 1.21. The predicted octanol–water partition coefficient (Wildman–Crippen LogP) is 4.36. The topological polar surface area (TPSA) is 42.1 Å². The molecule has 1 heterocycles. The SMILES string of the molecule is CCOC(=O)C(F)(F)c1ccc(-c2ccc(C(F)(F)F)cc2)[nH]1. The van der Waals surface area contributed by atoms with Gasteiger partial charge in [0.15, 0.2) is 0 Å². The van der Waals surface area contributed by atoms with Gasteiger partial charge in [0, 0.05) is 5.69 Å². The lowest BCUT2D eigenvalue weighted by atomic mass is 10.1. The van der Waals surface area contributed by atoms with Gasteiger partial charge in [-0.25, -0.2) is 4.79 Å². The number of alkyl halides is 5. The van der Waals surface area contributed by atoms with Crippen molar-refractivity contribution in [2.45, 2.75) is 19.0 Å². The average Bonchev–Trinajstić information content (AvgIpc) is 2.97. The monoisotopic (exact) mass is 333 g/mol. The number of hydrogen-bond donors (Lipinski definition) is 1. The zero-order valence-electron chi connectivity index (χ0n) is 11.9. The molecule has 8 heteroatoms. The van der Waals surface area contributed by atoms with Crippen LogP contribution in [0, 0.1) is 0 Å². The van der Waals surface area contributed by atoms with Gasteiger partial charge in [-0.05, 0) is 36.8 Å². The summed E-state index contributed by atoms with van der Waals surface area (Å²) in [6.07, 6.45) is -4.48. The van der Waals surface area contributed by atoms with E-state index in [1.54, 1.807) is 0 Å². The predicted molar refractivity (Wildman–Crippen MR) is 71.8 cm³/mol. The number of esters is 1. The molecule has 0 unspecified atom stereocenters. The number of H-pyrrole nitrogens is 1. The Labute approximate surface area is 128 Å². The van der Waals surface area contributed by atoms with Crippen LogP contribution in [0.25, 0.3) is 11.3 Å². The molecular formula is C15H12F5NO2. The fourth-order valence-corrected chi connectivity index (χ4v) is 1.92. The summed E-state index contributed by atoms with van der Waals surface area (Å²) in [6, 6.07) is 6.25. The lowest BCUT2D eigenvalue weighted by molar-refractivity contribution is -0.173. The number of halogens is 5. The third-order valence-electron chi connectivity index (χ3n) is 3.08. The summed E-state index contributed by atoms with van der Waals surface area (Å²) in [5.74, 6) is -5.55. The second kappa shape index (κ2) is 6.02. The van der Waals surface area contributed by atoms with Crippen LogP contribution in [0.3, 0.4) is 0 Å². The molecule has 0 aliphatic heterocycles. The van der Waals surface area contributed by atoms with E-state index in [1.807, 2.05) is 0 Å². The van der Waals surface area contributed by atoms with Crippen LogP contribution in [0.2, 0.25) is 0 Å². The molecule has 2 aromatic rings. The minimum absolute atomic E-state index is 0.165. The van der Waals surface area contributed by atoms with Crippen LogP contribution in [0.15, 0.2) is 36.4 Å². The van der Waals surface area contributed by atoms with Gasteiger partial charge in [0.2, 0.25) is 0 Å². The molecule has 0 aliphatic rings. The van der Waals surface area contributed by atoms with Crippen LogP contribution >= 0.6 is 0 Å². The van der Waals surface area contributed by atoms with Crippen LogP contribution in [0.1, 0.15) is 18.2 Å². The Morgan fingerprint density at radius 2 is 1.65 bits per heavy atom. The second-order valence-electron chi connectivity index (χ2n) is 4.66. The van der Waals surface area contributed by atoms with E-state index in [-0.39, 0.29) is 17.9 Å². The number of aromatic nitrogens is 1. The molecule has 1 N–H and O–H groups in total. The van der Waals surface area contributed by atoms with Crippen molar-refractivity contribution < 1.29 is 31.5 Å². The number of aromatic amines is 1. The standard InChI is InChI=1S/C15H12F5NO2/c1-2-23-13(22)14(16,17)12-8-7-11(21-12)9-3-5-10(6-4-9)15(18,19)20/h3-8,21H,2H2,1H3. The molecule has 124 valence electrons. The van der Waals surface area contributed by atoms with Crippen LogP contribution in [0.4, 0.5) is 22.0 Å². The van der Waals surface area contributed by atoms with Crippen molar-refractivity contribution in [2.24, 2.45) is 0 Å². The van der Waals surface area contributed by atoms with Crippen LogP contribution < -0.4 is 0 Å². The maximum atomic E-state index is 13.8. The first-order valence-corrected chi connectivity index (χ1v) is 6.58. The van der Waals surface area contributed by atoms with Crippen molar-refractivity contribution in [3.8, 4) is 11.3 Å². The van der Waals surface area contributed by atoms with Gasteiger partial charge in [-0.15, -0.1) is 0 Å². The van der Waals surface area contributed by atoms with Crippen molar-refractivity contribution in [2.75, 3.05) is 6.61 Å². The summed E-state index contributed by atoms with van der Waals surface area (Å²) >= 11 is 0. The Bertz CT molecular complexity index is 689. The third kappa shape index (κ3) is 3.52. The first-order chi connectivity index (χ1) is 10.7. The van der Waals surface area contributed by atoms with Gasteiger partial charge in [0.25, 0.3) is 0 Å². The number of carbonyl (C=O) groups excluding carboxylic acids is 1. The van der Waals surface area contributed by atoms with Gasteiger partial charge in [0.1, 0.15) is 0 Å². The van der Waals surface area contributed by atoms with Gasteiger partial charge >= 0.3 is 18.1 Å². The van der Waals surface area contributed by atoms with Crippen LogP contribution in [-0.2, 0) is 21.6 Å². The summed E-state index contributed by atoms with van der Waals surface area (Å²) in [4.78, 5) is 13.6. The molecule has 0 bridgehead atoms. The highest BCUT2D eigenvalue weighted by Crippen LogP contribution is 2.33. The Morgan fingerprint density at radius 3 is 2.17 bits per heavy atom. The van der Waals surface area contributed by atoms with Crippen molar-refractivity contribution in [1.29, 1.82) is 0 Å². The van der Waals surface area contributed by atoms with Gasteiger partial charge in [-0.2, -0.15) is 22.0 Å². The van der Waals surface area contributed by atoms with Gasteiger partial charge in [-0.1, -0.05) is 12.1 Å². The zero-order valence-corrected chi connectivity index (χ0v) is 11.9. The normalized spacial score (nSPS) is 12.3. The Morgan fingerprint density at radius 1 is 1.04 bits per heavy atom. The van der Waals surface area contributed by atoms with E-state index in [0.717, 1.165) is 30.3 Å². The highest BCUT2D eigenvalue weighted by atomic mass is 19.4. The molecular weight excluding hydrogens is 321 g/mol. The average molecular weight is 333 g/mol. The molecule has 1 aromatic heterocycles. The number of nitrogens with one attached hydrogen (secondary N) is 1. The molecule has 0 spiro atoms. The highest BCUT2D eigenvalue weighted by Gasteiger charge is 2.44. The first-order valence-electron chi connectivity index (χ1n) is 6.58. The number of hydrogen-bond acceptors (Lipinski definition) is 2. The van der Waals surface area contributed by atoms with E-state index in [9.17, 15) is 26.7 Å². The lowest BCUT2D eigenvalue weighted by Gasteiger charge is -2.13. The molecule has 0 radical (unpaired) electrons. The number of benzene rings is 1. The van der Waals surface area contributed by atoms with Crippen LogP contribution in [0.5, 0.6) is 0 Å². The van der Waals surface area contributed by atoms with E-state index < -0.39 is 29.3 Å². The Hall–Kier alpha value is -2.38. The highest BCUT2D eigenvalue weighted by molar-refractivity contribution is 5.79. The molecule has 0 saturated heterocycles. The van der Waals surface area contributed by atoms with Crippen molar-refractivity contribution in [1.82, 2.24) is 4.98 Å². The molecule has 2 rings (SSSR count). The van der Waals surface area contributed by atoms with Gasteiger partial charge in [0.05, 0.1) is 17.9 Å². The zero-order chi connectivity index (χ0) is 17.3. The molecule has 0 fully saturated rings. The molecule has 0 aliphatic carbocycles. The molecule has 0 amide bonds. The molecule has 0 saturated carbocycles. The smallest absolute Gasteiger partial charge is 0.416 e. The number of ether oxygens (including phenoxy) is 1. The number of carbonyl (C=O) groups is 1. The summed E-state index contributed by atoms with van der Waals surface area (Å²) in [5.41, 5.74) is -1.09. The maximum absolute atomic E-state index is 13.8. The fraction of sp³-hybridized carbons (Fsp3) is 0.267. The Balaban J connectivity index is 2.27. The lowest BCUT2D eigenvalue weighted by Crippen LogP contribution is -2.28. The van der Waals surface area contributed by atoms with E-state index >= 15 is 0 Å². The van der Waals surface area contributed by atoms with Crippen molar-refractivity contribution >= 4 is 5.97 Å². The quantitative estimate of drug-likeness (QED) is 0.667. The fourth-order valence-electron chi connectivity index (χ4n) is 1.92. The minimum atomic E-state index is -4.48. The second-order valence-corrected chi connectivity index (χ2v) is 4.66. The molecule has 0 atom stereocenters. The Kier molecular flexibility index (Phi) is 4.44. The molecule has 3 nitrogen and oxygen atoms in total. The van der Waals surface area contributed by atoms with E-state index in [1.165, 1.54) is 13.0 Å². The van der Waals surface area contributed by atoms with Gasteiger partial charge in [-0.3, -0.25) is 0 Å². The summed E-state index contributed by atoms with van der Waals surface area (Å²) in [7, 11) is 0. The van der Waals surface area contributed by atoms with Crippen molar-refractivity contribution in [3.05, 3.63) is 47.7 Å². The summed E-state index contributed by atoms with van der Waals surface area (Å²) < 4.78 is 69.4. The largest absolute Gasteiger partial charge is 0.461 e. The van der Waals surface area contributed by atoms with Crippen molar-refractivity contribution in [3.63, 3.8) is 0 Å².